The molecule has 0 atom stereocenters. The van der Waals surface area contributed by atoms with Crippen molar-refractivity contribution in [3.8, 4) is 0 Å². The predicted octanol–water partition coefficient (Wildman–Crippen LogP) is 2.04. The molecule has 0 unspecified atom stereocenters. The summed E-state index contributed by atoms with van der Waals surface area (Å²) in [7, 11) is 0. The zero-order chi connectivity index (χ0) is 8.27. The van der Waals surface area contributed by atoms with Gasteiger partial charge in [-0.1, -0.05) is 36.9 Å². The summed E-state index contributed by atoms with van der Waals surface area (Å²) in [6.07, 6.45) is 1.69. The fourth-order valence-electron chi connectivity index (χ4n) is 0.920. The van der Waals surface area contributed by atoms with E-state index in [1.807, 2.05) is 18.2 Å². The van der Waals surface area contributed by atoms with E-state index in [4.69, 9.17) is 11.1 Å². The van der Waals surface area contributed by atoms with Crippen molar-refractivity contribution in [1.29, 1.82) is 5.41 Å². The topological polar surface area (TPSA) is 49.9 Å². The summed E-state index contributed by atoms with van der Waals surface area (Å²) in [4.78, 5) is 0. The van der Waals surface area contributed by atoms with Gasteiger partial charge in [0.25, 0.3) is 0 Å². The Hall–Kier alpha value is -1.28. The molecular formula is C9H11ClN2. The molecule has 0 radical (unpaired) electrons. The van der Waals surface area contributed by atoms with Crippen molar-refractivity contribution < 1.29 is 0 Å². The van der Waals surface area contributed by atoms with Crippen molar-refractivity contribution in [2.24, 2.45) is 5.73 Å². The molecule has 2 nitrogen and oxygen atoms in total. The van der Waals surface area contributed by atoms with Crippen LogP contribution in [0.25, 0.3) is 6.08 Å². The first-order valence-corrected chi connectivity index (χ1v) is 3.31. The first-order valence-electron chi connectivity index (χ1n) is 3.31. The van der Waals surface area contributed by atoms with Crippen LogP contribution in [0, 0.1) is 5.41 Å². The second-order valence-electron chi connectivity index (χ2n) is 2.21. The number of nitrogens with two attached hydrogens (primary N) is 1. The number of benzene rings is 1. The minimum Gasteiger partial charge on any atom is -0.384 e. The maximum absolute atomic E-state index is 7.21. The van der Waals surface area contributed by atoms with Crippen LogP contribution in [0.15, 0.2) is 30.8 Å². The number of halogens is 1. The van der Waals surface area contributed by atoms with Crippen molar-refractivity contribution in [3.05, 3.63) is 42.0 Å². The zero-order valence-corrected chi connectivity index (χ0v) is 7.40. The first-order chi connectivity index (χ1) is 5.25. The molecule has 0 aromatic heterocycles. The number of nitrogens with one attached hydrogen (secondary N) is 1. The van der Waals surface area contributed by atoms with Gasteiger partial charge >= 0.3 is 0 Å². The molecule has 1 aromatic rings. The Kier molecular flexibility index (Phi) is 4.08. The van der Waals surface area contributed by atoms with Crippen molar-refractivity contribution in [2.75, 3.05) is 0 Å². The monoisotopic (exact) mass is 182 g/mol. The molecule has 64 valence electrons. The van der Waals surface area contributed by atoms with Crippen LogP contribution in [-0.4, -0.2) is 5.84 Å². The standard InChI is InChI=1S/C9H10N2.ClH/c1-2-7-5-3-4-6-8(7)9(10)11;/h2-6H,1H2,(H3,10,11);1H. The Balaban J connectivity index is 0.00000121. The summed E-state index contributed by atoms with van der Waals surface area (Å²) >= 11 is 0. The molecule has 12 heavy (non-hydrogen) atoms. The second-order valence-corrected chi connectivity index (χ2v) is 2.21. The largest absolute Gasteiger partial charge is 0.384 e. The van der Waals surface area contributed by atoms with Crippen LogP contribution in [0.5, 0.6) is 0 Å². The minimum absolute atomic E-state index is 0. The number of hydrogen-bond donors (Lipinski definition) is 2. The van der Waals surface area contributed by atoms with E-state index < -0.39 is 0 Å². The van der Waals surface area contributed by atoms with Gasteiger partial charge in [0.2, 0.25) is 0 Å². The van der Waals surface area contributed by atoms with Gasteiger partial charge in [-0.05, 0) is 5.56 Å². The molecule has 0 aliphatic carbocycles. The highest BCUT2D eigenvalue weighted by Crippen LogP contribution is 2.08. The molecule has 0 heterocycles. The van der Waals surface area contributed by atoms with E-state index in [1.54, 1.807) is 12.1 Å². The average Bonchev–Trinajstić information content (AvgIpc) is 2.04. The normalized spacial score (nSPS) is 8.33. The second kappa shape index (κ2) is 4.57. The summed E-state index contributed by atoms with van der Waals surface area (Å²) < 4.78 is 0. The first kappa shape index (κ1) is 10.7. The molecule has 0 fully saturated rings. The van der Waals surface area contributed by atoms with Crippen molar-refractivity contribution in [2.45, 2.75) is 0 Å². The van der Waals surface area contributed by atoms with Gasteiger partial charge in [0, 0.05) is 5.56 Å². The molecule has 0 aliphatic heterocycles. The zero-order valence-electron chi connectivity index (χ0n) is 6.58. The quantitative estimate of drug-likeness (QED) is 0.534. The molecule has 1 aromatic carbocycles. The number of amidine groups is 1. The van der Waals surface area contributed by atoms with Gasteiger partial charge in [-0.25, -0.2) is 0 Å². The van der Waals surface area contributed by atoms with Crippen LogP contribution < -0.4 is 5.73 Å². The Morgan fingerprint density at radius 3 is 2.42 bits per heavy atom. The Morgan fingerprint density at radius 2 is 2.00 bits per heavy atom. The van der Waals surface area contributed by atoms with Gasteiger partial charge in [-0.3, -0.25) is 5.41 Å². The Morgan fingerprint density at radius 1 is 1.42 bits per heavy atom. The molecule has 0 saturated carbocycles. The smallest absolute Gasteiger partial charge is 0.123 e. The maximum atomic E-state index is 7.21. The van der Waals surface area contributed by atoms with E-state index in [2.05, 4.69) is 6.58 Å². The third-order valence-electron chi connectivity index (χ3n) is 1.47. The van der Waals surface area contributed by atoms with E-state index in [1.165, 1.54) is 0 Å². The fourth-order valence-corrected chi connectivity index (χ4v) is 0.920. The van der Waals surface area contributed by atoms with Crippen LogP contribution >= 0.6 is 12.4 Å². The van der Waals surface area contributed by atoms with Crippen molar-refractivity contribution in [3.63, 3.8) is 0 Å². The highest BCUT2D eigenvalue weighted by Gasteiger charge is 1.98. The molecule has 0 spiro atoms. The van der Waals surface area contributed by atoms with Gasteiger partial charge in [-0.15, -0.1) is 12.4 Å². The van der Waals surface area contributed by atoms with Gasteiger partial charge in [-0.2, -0.15) is 0 Å². The Labute approximate surface area is 78.0 Å². The molecule has 3 N–H and O–H groups in total. The summed E-state index contributed by atoms with van der Waals surface area (Å²) in [6, 6.07) is 7.43. The van der Waals surface area contributed by atoms with Gasteiger partial charge in [0.05, 0.1) is 0 Å². The number of rotatable bonds is 2. The molecule has 0 aliphatic rings. The lowest BCUT2D eigenvalue weighted by molar-refractivity contribution is 1.42. The molecule has 0 amide bonds. The third kappa shape index (κ3) is 2.10. The molecule has 1 rings (SSSR count). The van der Waals surface area contributed by atoms with E-state index >= 15 is 0 Å². The number of nitrogen functional groups attached to an aromatic ring is 1. The maximum Gasteiger partial charge on any atom is 0.123 e. The van der Waals surface area contributed by atoms with Crippen molar-refractivity contribution in [1.82, 2.24) is 0 Å². The fraction of sp³-hybridized carbons (Fsp3) is 0. The van der Waals surface area contributed by atoms with E-state index in [0.29, 0.717) is 0 Å². The summed E-state index contributed by atoms with van der Waals surface area (Å²) in [5, 5.41) is 7.21. The summed E-state index contributed by atoms with van der Waals surface area (Å²) in [6.45, 7) is 3.62. The van der Waals surface area contributed by atoms with Gasteiger partial charge < -0.3 is 5.73 Å². The van der Waals surface area contributed by atoms with E-state index in [9.17, 15) is 0 Å². The summed E-state index contributed by atoms with van der Waals surface area (Å²) in [5.41, 5.74) is 6.97. The van der Waals surface area contributed by atoms with Gasteiger partial charge in [0.1, 0.15) is 5.84 Å². The van der Waals surface area contributed by atoms with Crippen LogP contribution in [0.2, 0.25) is 0 Å². The third-order valence-corrected chi connectivity index (χ3v) is 1.47. The molecule has 0 saturated heterocycles. The van der Waals surface area contributed by atoms with Crippen LogP contribution in [0.4, 0.5) is 0 Å². The Bertz CT molecular complexity index is 294. The molecule has 3 heteroatoms. The lowest BCUT2D eigenvalue weighted by Crippen LogP contribution is -2.12. The number of hydrogen-bond acceptors (Lipinski definition) is 1. The highest BCUT2D eigenvalue weighted by atomic mass is 35.5. The predicted molar refractivity (Wildman–Crippen MR) is 54.8 cm³/mol. The van der Waals surface area contributed by atoms with E-state index in [0.717, 1.165) is 11.1 Å². The lowest BCUT2D eigenvalue weighted by Gasteiger charge is -2.01. The lowest BCUT2D eigenvalue weighted by atomic mass is 10.1. The van der Waals surface area contributed by atoms with Crippen LogP contribution in [0.3, 0.4) is 0 Å². The van der Waals surface area contributed by atoms with Crippen LogP contribution in [-0.2, 0) is 0 Å². The van der Waals surface area contributed by atoms with E-state index in [-0.39, 0.29) is 18.2 Å². The average molecular weight is 183 g/mol. The molecule has 0 bridgehead atoms. The molecular weight excluding hydrogens is 172 g/mol. The van der Waals surface area contributed by atoms with Crippen molar-refractivity contribution >= 4 is 24.3 Å². The van der Waals surface area contributed by atoms with Gasteiger partial charge in [0.15, 0.2) is 0 Å². The van der Waals surface area contributed by atoms with Crippen LogP contribution in [0.1, 0.15) is 11.1 Å². The SMILES string of the molecule is C=Cc1ccccc1C(=N)N.Cl. The minimum atomic E-state index is 0. The highest BCUT2D eigenvalue weighted by molar-refractivity contribution is 5.98. The summed E-state index contributed by atoms with van der Waals surface area (Å²) in [5.74, 6) is 0.0838.